The van der Waals surface area contributed by atoms with Gasteiger partial charge in [0.2, 0.25) is 0 Å². The second-order valence-corrected chi connectivity index (χ2v) is 5.86. The summed E-state index contributed by atoms with van der Waals surface area (Å²) in [5, 5.41) is 5.39. The topological polar surface area (TPSA) is 57.3 Å². The molecule has 5 nitrogen and oxygen atoms in total. The molecule has 6 heteroatoms. The smallest absolute Gasteiger partial charge is 0.254 e. The molecule has 0 spiro atoms. The number of carbonyl (C=O) groups excluding carboxylic acids is 1. The molecule has 1 amide bonds. The van der Waals surface area contributed by atoms with E-state index in [9.17, 15) is 9.18 Å². The molecule has 1 rings (SSSR count). The van der Waals surface area contributed by atoms with Crippen LogP contribution in [0.15, 0.2) is 12.3 Å². The van der Waals surface area contributed by atoms with E-state index in [1.807, 2.05) is 14.1 Å². The van der Waals surface area contributed by atoms with Gasteiger partial charge in [-0.25, -0.2) is 9.37 Å². The maximum absolute atomic E-state index is 14.0. The second kappa shape index (κ2) is 6.65. The molecule has 20 heavy (non-hydrogen) atoms. The van der Waals surface area contributed by atoms with Gasteiger partial charge in [0.05, 0.1) is 5.56 Å². The van der Waals surface area contributed by atoms with Crippen LogP contribution in [0.3, 0.4) is 0 Å². The molecule has 0 saturated carbocycles. The van der Waals surface area contributed by atoms with Crippen LogP contribution in [0.25, 0.3) is 0 Å². The molecule has 0 bridgehead atoms. The maximum Gasteiger partial charge on any atom is 0.254 e. The molecule has 0 atom stereocenters. The fourth-order valence-corrected chi connectivity index (χ4v) is 2.12. The van der Waals surface area contributed by atoms with Crippen LogP contribution in [0.5, 0.6) is 0 Å². The van der Waals surface area contributed by atoms with Gasteiger partial charge in [0.1, 0.15) is 0 Å². The van der Waals surface area contributed by atoms with Crippen LogP contribution in [0, 0.1) is 11.2 Å². The van der Waals surface area contributed by atoms with E-state index < -0.39 is 11.7 Å². The Hall–Kier alpha value is -1.69. The van der Waals surface area contributed by atoms with Crippen molar-refractivity contribution < 1.29 is 9.18 Å². The first kappa shape index (κ1) is 16.4. The molecule has 0 aliphatic heterocycles. The minimum atomic E-state index is -0.627. The van der Waals surface area contributed by atoms with E-state index in [1.165, 1.54) is 12.3 Å². The zero-order valence-electron chi connectivity index (χ0n) is 12.7. The molecule has 0 saturated heterocycles. The standard InChI is InChI=1S/C14H23FN4O/c1-14(2,9-19(4)5)8-18-13(20)10-6-7-17-12(16-3)11(10)15/h6-7H,8-9H2,1-5H3,(H,16,17)(H,18,20). The molecular weight excluding hydrogens is 259 g/mol. The SMILES string of the molecule is CNc1nccc(C(=O)NCC(C)(C)CN(C)C)c1F. The Bertz CT molecular complexity index is 474. The summed E-state index contributed by atoms with van der Waals surface area (Å²) in [5.74, 6) is -0.976. The van der Waals surface area contributed by atoms with Gasteiger partial charge in [0.25, 0.3) is 5.91 Å². The fraction of sp³-hybridized carbons (Fsp3) is 0.571. The molecular formula is C14H23FN4O. The summed E-state index contributed by atoms with van der Waals surface area (Å²) in [4.78, 5) is 17.9. The molecule has 0 aromatic carbocycles. The van der Waals surface area contributed by atoms with E-state index in [1.54, 1.807) is 7.05 Å². The van der Waals surface area contributed by atoms with Crippen molar-refractivity contribution in [1.82, 2.24) is 15.2 Å². The highest BCUT2D eigenvalue weighted by atomic mass is 19.1. The third-order valence-corrected chi connectivity index (χ3v) is 2.84. The quantitative estimate of drug-likeness (QED) is 0.832. The number of anilines is 1. The van der Waals surface area contributed by atoms with E-state index in [4.69, 9.17) is 0 Å². The summed E-state index contributed by atoms with van der Waals surface area (Å²) in [6, 6.07) is 1.38. The molecule has 1 aromatic rings. The Morgan fingerprint density at radius 2 is 2.10 bits per heavy atom. The molecule has 0 aliphatic carbocycles. The largest absolute Gasteiger partial charge is 0.371 e. The highest BCUT2D eigenvalue weighted by molar-refractivity contribution is 5.95. The highest BCUT2D eigenvalue weighted by Crippen LogP contribution is 2.17. The first-order valence-electron chi connectivity index (χ1n) is 6.52. The van der Waals surface area contributed by atoms with Crippen molar-refractivity contribution in [3.8, 4) is 0 Å². The average Bonchev–Trinajstić information content (AvgIpc) is 2.35. The summed E-state index contributed by atoms with van der Waals surface area (Å²) in [7, 11) is 5.52. The van der Waals surface area contributed by atoms with E-state index >= 15 is 0 Å². The predicted octanol–water partition coefficient (Wildman–Crippen LogP) is 1.58. The second-order valence-electron chi connectivity index (χ2n) is 5.86. The van der Waals surface area contributed by atoms with E-state index in [0.717, 1.165) is 6.54 Å². The molecule has 0 aliphatic rings. The summed E-state index contributed by atoms with van der Waals surface area (Å²) >= 11 is 0. The van der Waals surface area contributed by atoms with Gasteiger partial charge in [-0.05, 0) is 25.6 Å². The minimum absolute atomic E-state index is 0.00463. The lowest BCUT2D eigenvalue weighted by atomic mass is 9.93. The minimum Gasteiger partial charge on any atom is -0.371 e. The van der Waals surface area contributed by atoms with Crippen molar-refractivity contribution in [3.05, 3.63) is 23.6 Å². The summed E-state index contributed by atoms with van der Waals surface area (Å²) in [5.41, 5.74) is -0.0842. The molecule has 0 radical (unpaired) electrons. The van der Waals surface area contributed by atoms with Crippen molar-refractivity contribution in [2.24, 2.45) is 5.41 Å². The number of nitrogens with zero attached hydrogens (tertiary/aromatic N) is 2. The molecule has 1 heterocycles. The normalized spacial score (nSPS) is 11.6. The Morgan fingerprint density at radius 1 is 1.45 bits per heavy atom. The van der Waals surface area contributed by atoms with Gasteiger partial charge < -0.3 is 15.5 Å². The summed E-state index contributed by atoms with van der Waals surface area (Å²) < 4.78 is 14.0. The molecule has 2 N–H and O–H groups in total. The molecule has 0 fully saturated rings. The van der Waals surface area contributed by atoms with Gasteiger partial charge in [-0.3, -0.25) is 4.79 Å². The van der Waals surface area contributed by atoms with Crippen molar-refractivity contribution in [2.45, 2.75) is 13.8 Å². The van der Waals surface area contributed by atoms with Crippen LogP contribution < -0.4 is 10.6 Å². The fourth-order valence-electron chi connectivity index (χ4n) is 2.12. The maximum atomic E-state index is 14.0. The van der Waals surface area contributed by atoms with Crippen LogP contribution in [0.1, 0.15) is 24.2 Å². The predicted molar refractivity (Wildman–Crippen MR) is 78.4 cm³/mol. The number of halogens is 1. The van der Waals surface area contributed by atoms with Crippen LogP contribution in [0.2, 0.25) is 0 Å². The number of hydrogen-bond acceptors (Lipinski definition) is 4. The Labute approximate surface area is 119 Å². The monoisotopic (exact) mass is 282 g/mol. The van der Waals surface area contributed by atoms with Crippen molar-refractivity contribution in [2.75, 3.05) is 39.5 Å². The van der Waals surface area contributed by atoms with Gasteiger partial charge in [-0.1, -0.05) is 13.8 Å². The Balaban J connectivity index is 2.73. The van der Waals surface area contributed by atoms with Crippen LogP contribution in [0.4, 0.5) is 10.2 Å². The van der Waals surface area contributed by atoms with Gasteiger partial charge in [0, 0.05) is 26.3 Å². The van der Waals surface area contributed by atoms with Gasteiger partial charge >= 0.3 is 0 Å². The number of pyridine rings is 1. The lowest BCUT2D eigenvalue weighted by Gasteiger charge is -2.28. The zero-order valence-corrected chi connectivity index (χ0v) is 12.7. The lowest BCUT2D eigenvalue weighted by Crippen LogP contribution is -2.40. The third-order valence-electron chi connectivity index (χ3n) is 2.84. The third kappa shape index (κ3) is 4.45. The van der Waals surface area contributed by atoms with Gasteiger partial charge in [-0.15, -0.1) is 0 Å². The summed E-state index contributed by atoms with van der Waals surface area (Å²) in [6.07, 6.45) is 1.41. The number of nitrogens with one attached hydrogen (secondary N) is 2. The van der Waals surface area contributed by atoms with Crippen molar-refractivity contribution in [1.29, 1.82) is 0 Å². The van der Waals surface area contributed by atoms with E-state index in [2.05, 4.69) is 34.4 Å². The zero-order chi connectivity index (χ0) is 15.3. The van der Waals surface area contributed by atoms with Crippen molar-refractivity contribution in [3.63, 3.8) is 0 Å². The number of carbonyl (C=O) groups is 1. The average molecular weight is 282 g/mol. The van der Waals surface area contributed by atoms with Crippen LogP contribution in [-0.4, -0.2) is 50.0 Å². The number of aromatic nitrogens is 1. The van der Waals surface area contributed by atoms with Crippen LogP contribution in [-0.2, 0) is 0 Å². The number of rotatable bonds is 6. The van der Waals surface area contributed by atoms with E-state index in [0.29, 0.717) is 6.54 Å². The molecule has 112 valence electrons. The van der Waals surface area contributed by atoms with Crippen molar-refractivity contribution >= 4 is 11.7 Å². The number of amides is 1. The lowest BCUT2D eigenvalue weighted by molar-refractivity contribution is 0.0925. The molecule has 1 aromatic heterocycles. The summed E-state index contributed by atoms with van der Waals surface area (Å²) in [6.45, 7) is 5.40. The first-order chi connectivity index (χ1) is 9.26. The Morgan fingerprint density at radius 3 is 2.65 bits per heavy atom. The van der Waals surface area contributed by atoms with Gasteiger partial charge in [0.15, 0.2) is 11.6 Å². The first-order valence-corrected chi connectivity index (χ1v) is 6.52. The number of hydrogen-bond donors (Lipinski definition) is 2. The molecule has 0 unspecified atom stereocenters. The Kier molecular flexibility index (Phi) is 5.44. The van der Waals surface area contributed by atoms with Gasteiger partial charge in [-0.2, -0.15) is 0 Å². The highest BCUT2D eigenvalue weighted by Gasteiger charge is 2.22. The van der Waals surface area contributed by atoms with Crippen LogP contribution >= 0.6 is 0 Å². The van der Waals surface area contributed by atoms with E-state index in [-0.39, 0.29) is 16.8 Å².